The molecule has 0 spiro atoms. The maximum Gasteiger partial charge on any atom is 0.326 e. The number of H-pyrrole nitrogens is 1. The molecule has 1 fully saturated rings. The van der Waals surface area contributed by atoms with Crippen molar-refractivity contribution in [2.75, 3.05) is 26.2 Å². The minimum absolute atomic E-state index is 0.0407. The van der Waals surface area contributed by atoms with Crippen molar-refractivity contribution in [1.82, 2.24) is 14.5 Å². The van der Waals surface area contributed by atoms with Crippen molar-refractivity contribution >= 4 is 11.0 Å². The molecule has 0 aliphatic carbocycles. The summed E-state index contributed by atoms with van der Waals surface area (Å²) in [7, 11) is 0. The SMILES string of the molecule is O=c1[nH]c2ccccc2n1C1CCN(CC(O)COCc2ccco2)CC1. The van der Waals surface area contributed by atoms with E-state index in [2.05, 4.69) is 9.88 Å². The van der Waals surface area contributed by atoms with Crippen LogP contribution in [0.15, 0.2) is 51.9 Å². The highest BCUT2D eigenvalue weighted by molar-refractivity contribution is 5.75. The van der Waals surface area contributed by atoms with Gasteiger partial charge in [-0.15, -0.1) is 0 Å². The number of imidazole rings is 1. The number of rotatable bonds is 7. The van der Waals surface area contributed by atoms with E-state index in [0.29, 0.717) is 13.2 Å². The first-order valence-corrected chi connectivity index (χ1v) is 9.40. The van der Waals surface area contributed by atoms with Gasteiger partial charge in [-0.1, -0.05) is 12.1 Å². The largest absolute Gasteiger partial charge is 0.467 e. The van der Waals surface area contributed by atoms with Crippen LogP contribution in [0.25, 0.3) is 11.0 Å². The van der Waals surface area contributed by atoms with E-state index in [-0.39, 0.29) is 18.3 Å². The number of likely N-dealkylation sites (tertiary alicyclic amines) is 1. The lowest BCUT2D eigenvalue weighted by atomic mass is 10.0. The van der Waals surface area contributed by atoms with Gasteiger partial charge in [-0.3, -0.25) is 4.57 Å². The zero-order chi connectivity index (χ0) is 18.6. The number of piperidine rings is 1. The van der Waals surface area contributed by atoms with Crippen molar-refractivity contribution in [3.63, 3.8) is 0 Å². The Balaban J connectivity index is 1.27. The molecule has 1 aliphatic rings. The van der Waals surface area contributed by atoms with Crippen LogP contribution in [0.4, 0.5) is 0 Å². The first-order valence-electron chi connectivity index (χ1n) is 9.40. The van der Waals surface area contributed by atoms with Crippen LogP contribution in [-0.2, 0) is 11.3 Å². The lowest BCUT2D eigenvalue weighted by Gasteiger charge is -2.33. The second-order valence-electron chi connectivity index (χ2n) is 7.10. The first-order chi connectivity index (χ1) is 13.2. The van der Waals surface area contributed by atoms with Crippen LogP contribution >= 0.6 is 0 Å². The Hall–Kier alpha value is -2.35. The van der Waals surface area contributed by atoms with Gasteiger partial charge in [0.25, 0.3) is 0 Å². The predicted molar refractivity (Wildman–Crippen MR) is 102 cm³/mol. The van der Waals surface area contributed by atoms with Gasteiger partial charge in [-0.2, -0.15) is 0 Å². The van der Waals surface area contributed by atoms with Gasteiger partial charge in [0, 0.05) is 25.7 Å². The van der Waals surface area contributed by atoms with Crippen LogP contribution in [0.5, 0.6) is 0 Å². The number of ether oxygens (including phenoxy) is 1. The maximum atomic E-state index is 12.3. The molecule has 144 valence electrons. The number of aliphatic hydroxyl groups excluding tert-OH is 1. The monoisotopic (exact) mass is 371 g/mol. The zero-order valence-electron chi connectivity index (χ0n) is 15.2. The van der Waals surface area contributed by atoms with Crippen LogP contribution in [0.2, 0.25) is 0 Å². The third kappa shape index (κ3) is 4.16. The molecule has 2 N–H and O–H groups in total. The fourth-order valence-electron chi connectivity index (χ4n) is 3.84. The fraction of sp³-hybridized carbons (Fsp3) is 0.450. The Morgan fingerprint density at radius 2 is 2.04 bits per heavy atom. The van der Waals surface area contributed by atoms with E-state index in [4.69, 9.17) is 9.15 Å². The molecule has 1 aliphatic heterocycles. The van der Waals surface area contributed by atoms with Crippen LogP contribution in [0, 0.1) is 0 Å². The van der Waals surface area contributed by atoms with E-state index in [1.54, 1.807) is 6.26 Å². The summed E-state index contributed by atoms with van der Waals surface area (Å²) in [5.74, 6) is 0.757. The average molecular weight is 371 g/mol. The number of aromatic nitrogens is 2. The van der Waals surface area contributed by atoms with E-state index in [1.807, 2.05) is 41.0 Å². The number of fused-ring (bicyclic) bond motifs is 1. The Kier molecular flexibility index (Phi) is 5.42. The van der Waals surface area contributed by atoms with Crippen molar-refractivity contribution in [2.24, 2.45) is 0 Å². The molecule has 4 rings (SSSR count). The molecule has 1 aromatic carbocycles. The first kappa shape index (κ1) is 18.0. The summed E-state index contributed by atoms with van der Waals surface area (Å²) >= 11 is 0. The van der Waals surface area contributed by atoms with E-state index in [0.717, 1.165) is 42.7 Å². The molecule has 1 atom stereocenters. The molecule has 0 bridgehead atoms. The highest BCUT2D eigenvalue weighted by Gasteiger charge is 2.24. The summed E-state index contributed by atoms with van der Waals surface area (Å²) in [6.45, 7) is 2.93. The molecule has 1 saturated heterocycles. The number of aromatic amines is 1. The quantitative estimate of drug-likeness (QED) is 0.665. The van der Waals surface area contributed by atoms with Crippen molar-refractivity contribution in [1.29, 1.82) is 0 Å². The number of β-amino-alcohol motifs (C(OH)–C–C–N with tert-alkyl or cyclic N) is 1. The molecule has 0 saturated carbocycles. The number of nitrogens with zero attached hydrogens (tertiary/aromatic N) is 2. The topological polar surface area (TPSA) is 83.6 Å². The van der Waals surface area contributed by atoms with Gasteiger partial charge in [0.2, 0.25) is 0 Å². The minimum Gasteiger partial charge on any atom is -0.467 e. The Labute approximate surface area is 157 Å². The Morgan fingerprint density at radius 3 is 2.81 bits per heavy atom. The molecule has 3 heterocycles. The minimum atomic E-state index is -0.535. The smallest absolute Gasteiger partial charge is 0.326 e. The summed E-state index contributed by atoms with van der Waals surface area (Å²) in [6, 6.07) is 11.7. The summed E-state index contributed by atoms with van der Waals surface area (Å²) in [6.07, 6.45) is 2.86. The van der Waals surface area contributed by atoms with Crippen molar-refractivity contribution < 1.29 is 14.3 Å². The van der Waals surface area contributed by atoms with Crippen LogP contribution in [0.1, 0.15) is 24.6 Å². The second-order valence-corrected chi connectivity index (χ2v) is 7.10. The fourth-order valence-corrected chi connectivity index (χ4v) is 3.84. The third-order valence-corrected chi connectivity index (χ3v) is 5.15. The molecule has 1 unspecified atom stereocenters. The highest BCUT2D eigenvalue weighted by atomic mass is 16.5. The number of aliphatic hydroxyl groups is 1. The van der Waals surface area contributed by atoms with Crippen LogP contribution < -0.4 is 5.69 Å². The number of nitrogens with one attached hydrogen (secondary N) is 1. The Bertz CT molecular complexity index is 907. The van der Waals surface area contributed by atoms with Crippen molar-refractivity contribution in [3.05, 3.63) is 58.9 Å². The van der Waals surface area contributed by atoms with Crippen LogP contribution in [0.3, 0.4) is 0 Å². The van der Waals surface area contributed by atoms with Crippen molar-refractivity contribution in [2.45, 2.75) is 31.6 Å². The standard InChI is InChI=1S/C20H25N3O4/c24-16(13-26-14-17-4-3-11-27-17)12-22-9-7-15(8-10-22)23-19-6-2-1-5-18(19)21-20(23)25/h1-6,11,15-16,24H,7-10,12-14H2,(H,21,25). The van der Waals surface area contributed by atoms with E-state index >= 15 is 0 Å². The highest BCUT2D eigenvalue weighted by Crippen LogP contribution is 2.24. The van der Waals surface area contributed by atoms with Gasteiger partial charge >= 0.3 is 5.69 Å². The number of hydrogen-bond donors (Lipinski definition) is 2. The molecule has 0 amide bonds. The van der Waals surface area contributed by atoms with Gasteiger partial charge in [-0.05, 0) is 37.1 Å². The van der Waals surface area contributed by atoms with Gasteiger partial charge in [0.15, 0.2) is 0 Å². The summed E-state index contributed by atoms with van der Waals surface area (Å²) < 4.78 is 12.6. The summed E-state index contributed by atoms with van der Waals surface area (Å²) in [5, 5.41) is 10.2. The molecular formula is C20H25N3O4. The van der Waals surface area contributed by atoms with E-state index in [1.165, 1.54) is 0 Å². The summed E-state index contributed by atoms with van der Waals surface area (Å²) in [5.41, 5.74) is 1.81. The molecule has 0 radical (unpaired) electrons. The van der Waals surface area contributed by atoms with E-state index in [9.17, 15) is 9.90 Å². The number of benzene rings is 1. The molecule has 7 nitrogen and oxygen atoms in total. The van der Waals surface area contributed by atoms with Gasteiger partial charge in [-0.25, -0.2) is 4.79 Å². The summed E-state index contributed by atoms with van der Waals surface area (Å²) in [4.78, 5) is 17.5. The van der Waals surface area contributed by atoms with E-state index < -0.39 is 6.10 Å². The predicted octanol–water partition coefficient (Wildman–Crippen LogP) is 2.14. The van der Waals surface area contributed by atoms with Crippen molar-refractivity contribution in [3.8, 4) is 0 Å². The van der Waals surface area contributed by atoms with Gasteiger partial charge in [0.05, 0.1) is 30.0 Å². The molecule has 3 aromatic rings. The lowest BCUT2D eigenvalue weighted by molar-refractivity contribution is 0.000536. The second kappa shape index (κ2) is 8.12. The molecule has 2 aromatic heterocycles. The molecule has 27 heavy (non-hydrogen) atoms. The number of furan rings is 1. The number of hydrogen-bond acceptors (Lipinski definition) is 5. The molecular weight excluding hydrogens is 346 g/mol. The van der Waals surface area contributed by atoms with Gasteiger partial charge < -0.3 is 24.1 Å². The maximum absolute atomic E-state index is 12.3. The average Bonchev–Trinajstić information content (AvgIpc) is 3.29. The zero-order valence-corrected chi connectivity index (χ0v) is 15.2. The third-order valence-electron chi connectivity index (χ3n) is 5.15. The Morgan fingerprint density at radius 1 is 1.22 bits per heavy atom. The van der Waals surface area contributed by atoms with Gasteiger partial charge in [0.1, 0.15) is 12.4 Å². The lowest BCUT2D eigenvalue weighted by Crippen LogP contribution is -2.41. The normalized spacial score (nSPS) is 17.5. The van der Waals surface area contributed by atoms with Crippen LogP contribution in [-0.4, -0.2) is 51.9 Å². The number of para-hydroxylation sites is 2. The molecule has 7 heteroatoms.